The molecule has 0 unspecified atom stereocenters. The Kier molecular flexibility index (Phi) is 6.36. The van der Waals surface area contributed by atoms with Crippen molar-refractivity contribution >= 4 is 29.6 Å². The molecule has 0 bridgehead atoms. The Balaban J connectivity index is 1.61. The predicted molar refractivity (Wildman–Crippen MR) is 105 cm³/mol. The molecule has 0 atom stereocenters. The number of esters is 1. The highest BCUT2D eigenvalue weighted by Gasteiger charge is 2.23. The number of benzene rings is 1. The molecule has 0 saturated heterocycles. The maximum atomic E-state index is 11.8. The molecule has 1 aliphatic carbocycles. The van der Waals surface area contributed by atoms with Crippen molar-refractivity contribution in [2.24, 2.45) is 0 Å². The van der Waals surface area contributed by atoms with Gasteiger partial charge in [0.25, 0.3) is 5.91 Å². The molecule has 28 heavy (non-hydrogen) atoms. The van der Waals surface area contributed by atoms with E-state index in [2.05, 4.69) is 10.4 Å². The number of hydrogen-bond acceptors (Lipinski definition) is 5. The molecular formula is C20H22ClN3O4. The summed E-state index contributed by atoms with van der Waals surface area (Å²) in [5, 5.41) is 7.59. The number of carbonyl (C=O) groups is 2. The number of aromatic nitrogens is 2. The first-order valence-corrected chi connectivity index (χ1v) is 9.34. The van der Waals surface area contributed by atoms with Crippen LogP contribution in [0.4, 0.5) is 0 Å². The molecule has 1 aromatic heterocycles. The fourth-order valence-electron chi connectivity index (χ4n) is 2.64. The van der Waals surface area contributed by atoms with E-state index in [4.69, 9.17) is 21.1 Å². The second-order valence-corrected chi connectivity index (χ2v) is 6.94. The van der Waals surface area contributed by atoms with Gasteiger partial charge in [-0.15, -0.1) is 0 Å². The van der Waals surface area contributed by atoms with Gasteiger partial charge in [-0.1, -0.05) is 23.7 Å². The number of rotatable bonds is 8. The van der Waals surface area contributed by atoms with Gasteiger partial charge in [0.1, 0.15) is 10.9 Å². The topological polar surface area (TPSA) is 82.5 Å². The van der Waals surface area contributed by atoms with E-state index in [9.17, 15) is 9.59 Å². The Morgan fingerprint density at radius 2 is 2.18 bits per heavy atom. The molecule has 1 fully saturated rings. The summed E-state index contributed by atoms with van der Waals surface area (Å²) < 4.78 is 11.8. The van der Waals surface area contributed by atoms with Crippen molar-refractivity contribution in [2.45, 2.75) is 32.4 Å². The van der Waals surface area contributed by atoms with Crippen molar-refractivity contribution in [3.05, 3.63) is 52.3 Å². The maximum Gasteiger partial charge on any atom is 0.331 e. The minimum atomic E-state index is -0.609. The molecule has 1 N–H and O–H groups in total. The lowest BCUT2D eigenvalue weighted by atomic mass is 10.2. The van der Waals surface area contributed by atoms with Crippen LogP contribution in [-0.2, 0) is 20.9 Å². The quantitative estimate of drug-likeness (QED) is 0.541. The molecule has 8 heteroatoms. The normalized spacial score (nSPS) is 13.5. The summed E-state index contributed by atoms with van der Waals surface area (Å²) in [5.41, 5.74) is 2.30. The fraction of sp³-hybridized carbons (Fsp3) is 0.350. The summed E-state index contributed by atoms with van der Waals surface area (Å²) in [7, 11) is 1.61. The number of carbonyl (C=O) groups excluding carboxylic acids is 2. The second-order valence-electron chi connectivity index (χ2n) is 6.58. The molecule has 1 saturated carbocycles. The summed E-state index contributed by atoms with van der Waals surface area (Å²) in [5.74, 6) is -0.141. The summed E-state index contributed by atoms with van der Waals surface area (Å²) in [6.07, 6.45) is 4.76. The van der Waals surface area contributed by atoms with Gasteiger partial charge < -0.3 is 14.8 Å². The van der Waals surface area contributed by atoms with E-state index in [1.807, 2.05) is 31.2 Å². The Morgan fingerprint density at radius 1 is 1.39 bits per heavy atom. The highest BCUT2D eigenvalue weighted by Crippen LogP contribution is 2.23. The number of aryl methyl sites for hydroxylation is 1. The average molecular weight is 404 g/mol. The molecule has 0 radical (unpaired) electrons. The zero-order valence-corrected chi connectivity index (χ0v) is 16.5. The summed E-state index contributed by atoms with van der Waals surface area (Å²) in [6, 6.07) is 7.86. The fourth-order valence-corrected chi connectivity index (χ4v) is 2.94. The van der Waals surface area contributed by atoms with Crippen molar-refractivity contribution in [2.75, 3.05) is 13.7 Å². The number of hydrogen-bond donors (Lipinski definition) is 1. The third-order valence-corrected chi connectivity index (χ3v) is 4.65. The van der Waals surface area contributed by atoms with Crippen LogP contribution in [0.15, 0.2) is 30.3 Å². The van der Waals surface area contributed by atoms with Gasteiger partial charge in [0.2, 0.25) is 0 Å². The first-order valence-electron chi connectivity index (χ1n) is 8.96. The Hall–Kier alpha value is -2.80. The minimum Gasteiger partial charge on any atom is -0.497 e. The van der Waals surface area contributed by atoms with E-state index in [0.29, 0.717) is 23.0 Å². The van der Waals surface area contributed by atoms with Gasteiger partial charge >= 0.3 is 5.97 Å². The van der Waals surface area contributed by atoms with Crippen LogP contribution >= 0.6 is 11.6 Å². The third kappa shape index (κ3) is 5.36. The molecule has 0 spiro atoms. The van der Waals surface area contributed by atoms with Crippen LogP contribution in [0.25, 0.3) is 6.08 Å². The highest BCUT2D eigenvalue weighted by molar-refractivity contribution is 6.31. The number of halogens is 1. The maximum absolute atomic E-state index is 11.8. The monoisotopic (exact) mass is 403 g/mol. The molecule has 1 amide bonds. The SMILES string of the molecule is COc1cccc(Cn2nc(C)c(/C=C/C(=O)OCC(=O)NC3CC3)c2Cl)c1. The van der Waals surface area contributed by atoms with Gasteiger partial charge in [0.15, 0.2) is 6.61 Å². The van der Waals surface area contributed by atoms with Crippen LogP contribution in [0.3, 0.4) is 0 Å². The summed E-state index contributed by atoms with van der Waals surface area (Å²) >= 11 is 6.43. The van der Waals surface area contributed by atoms with Crippen molar-refractivity contribution in [3.63, 3.8) is 0 Å². The highest BCUT2D eigenvalue weighted by atomic mass is 35.5. The summed E-state index contributed by atoms with van der Waals surface area (Å²) in [4.78, 5) is 23.4. The number of ether oxygens (including phenoxy) is 2. The van der Waals surface area contributed by atoms with E-state index in [1.165, 1.54) is 6.08 Å². The van der Waals surface area contributed by atoms with Gasteiger partial charge in [-0.05, 0) is 43.5 Å². The Labute approximate surface area is 168 Å². The first kappa shape index (κ1) is 19.9. The summed E-state index contributed by atoms with van der Waals surface area (Å²) in [6.45, 7) is 1.99. The molecule has 3 rings (SSSR count). The molecule has 0 aliphatic heterocycles. The molecule has 1 aromatic carbocycles. The average Bonchev–Trinajstić information content (AvgIpc) is 3.45. The molecule has 1 heterocycles. The zero-order valence-electron chi connectivity index (χ0n) is 15.8. The van der Waals surface area contributed by atoms with E-state index in [1.54, 1.807) is 17.9 Å². The van der Waals surface area contributed by atoms with Gasteiger partial charge in [-0.25, -0.2) is 9.48 Å². The lowest BCUT2D eigenvalue weighted by Crippen LogP contribution is -2.30. The lowest BCUT2D eigenvalue weighted by molar-refractivity contribution is -0.143. The Morgan fingerprint density at radius 3 is 2.89 bits per heavy atom. The molecule has 7 nitrogen and oxygen atoms in total. The number of amides is 1. The van der Waals surface area contributed by atoms with E-state index >= 15 is 0 Å². The van der Waals surface area contributed by atoms with Crippen LogP contribution in [-0.4, -0.2) is 41.4 Å². The van der Waals surface area contributed by atoms with Crippen molar-refractivity contribution in [1.82, 2.24) is 15.1 Å². The van der Waals surface area contributed by atoms with Crippen LogP contribution in [0.5, 0.6) is 5.75 Å². The largest absolute Gasteiger partial charge is 0.497 e. The molecule has 148 valence electrons. The lowest BCUT2D eigenvalue weighted by Gasteiger charge is -2.06. The van der Waals surface area contributed by atoms with Gasteiger partial charge in [-0.3, -0.25) is 4.79 Å². The minimum absolute atomic E-state index is 0.235. The predicted octanol–water partition coefficient (Wildman–Crippen LogP) is 2.74. The molecular weight excluding hydrogens is 382 g/mol. The molecule has 1 aliphatic rings. The van der Waals surface area contributed by atoms with Crippen LogP contribution < -0.4 is 10.1 Å². The van der Waals surface area contributed by atoms with Crippen LogP contribution in [0.1, 0.15) is 29.7 Å². The van der Waals surface area contributed by atoms with Crippen molar-refractivity contribution in [1.29, 1.82) is 0 Å². The number of nitrogens with one attached hydrogen (secondary N) is 1. The Bertz CT molecular complexity index is 903. The first-order chi connectivity index (χ1) is 13.5. The van der Waals surface area contributed by atoms with E-state index in [-0.39, 0.29) is 18.6 Å². The zero-order chi connectivity index (χ0) is 20.1. The van der Waals surface area contributed by atoms with Crippen LogP contribution in [0.2, 0.25) is 5.15 Å². The number of methoxy groups -OCH3 is 1. The van der Waals surface area contributed by atoms with Gasteiger partial charge in [0, 0.05) is 17.7 Å². The van der Waals surface area contributed by atoms with Crippen molar-refractivity contribution < 1.29 is 19.1 Å². The van der Waals surface area contributed by atoms with Gasteiger partial charge in [0.05, 0.1) is 19.3 Å². The third-order valence-electron chi connectivity index (χ3n) is 4.25. The second kappa shape index (κ2) is 8.93. The van der Waals surface area contributed by atoms with Crippen molar-refractivity contribution in [3.8, 4) is 5.75 Å². The molecule has 2 aromatic rings. The number of nitrogens with zero attached hydrogens (tertiary/aromatic N) is 2. The van der Waals surface area contributed by atoms with Gasteiger partial charge in [-0.2, -0.15) is 5.10 Å². The van der Waals surface area contributed by atoms with Crippen LogP contribution in [0, 0.1) is 6.92 Å². The van der Waals surface area contributed by atoms with E-state index in [0.717, 1.165) is 24.2 Å². The standard InChI is InChI=1S/C20H22ClN3O4/c1-13-17(8-9-19(26)28-12-18(25)22-15-6-7-15)20(21)24(23-13)11-14-4-3-5-16(10-14)27-2/h3-5,8-10,15H,6-7,11-12H2,1-2H3,(H,22,25)/b9-8+. The van der Waals surface area contributed by atoms with E-state index < -0.39 is 5.97 Å². The smallest absolute Gasteiger partial charge is 0.331 e.